The molecule has 1 aliphatic rings. The molecule has 0 spiro atoms. The molecular formula is C23H29N7O. The number of amides is 1. The number of rotatable bonds is 7. The molecule has 2 aromatic heterocycles. The van der Waals surface area contributed by atoms with Gasteiger partial charge in [-0.15, -0.1) is 6.58 Å². The second-order valence-electron chi connectivity index (χ2n) is 7.88. The molecule has 0 bridgehead atoms. The maximum Gasteiger partial charge on any atom is 0.242 e. The summed E-state index contributed by atoms with van der Waals surface area (Å²) in [5, 5.41) is 3.35. The van der Waals surface area contributed by atoms with E-state index in [-0.39, 0.29) is 12.5 Å². The van der Waals surface area contributed by atoms with E-state index in [4.69, 9.17) is 4.98 Å². The molecule has 0 aliphatic carbocycles. The third-order valence-electron chi connectivity index (χ3n) is 5.61. The van der Waals surface area contributed by atoms with Gasteiger partial charge >= 0.3 is 0 Å². The largest absolute Gasteiger partial charge is 0.378 e. The van der Waals surface area contributed by atoms with Crippen molar-refractivity contribution >= 4 is 23.1 Å². The summed E-state index contributed by atoms with van der Waals surface area (Å²) in [5.41, 5.74) is 3.65. The Morgan fingerprint density at radius 1 is 1.19 bits per heavy atom. The van der Waals surface area contributed by atoms with Crippen LogP contribution in [-0.2, 0) is 4.79 Å². The lowest BCUT2D eigenvalue weighted by atomic mass is 10.1. The Hall–Kier alpha value is -3.39. The smallest absolute Gasteiger partial charge is 0.242 e. The van der Waals surface area contributed by atoms with Gasteiger partial charge in [0, 0.05) is 70.5 Å². The van der Waals surface area contributed by atoms with Crippen molar-refractivity contribution in [2.75, 3.05) is 63.6 Å². The highest BCUT2D eigenvalue weighted by atomic mass is 16.2. The summed E-state index contributed by atoms with van der Waals surface area (Å²) in [4.78, 5) is 28.1. The van der Waals surface area contributed by atoms with Crippen LogP contribution < -0.4 is 10.2 Å². The van der Waals surface area contributed by atoms with Gasteiger partial charge in [0.2, 0.25) is 5.91 Å². The minimum absolute atomic E-state index is 0.0937. The molecule has 1 N–H and O–H groups in total. The number of anilines is 2. The van der Waals surface area contributed by atoms with Gasteiger partial charge in [-0.25, -0.2) is 4.98 Å². The monoisotopic (exact) mass is 419 g/mol. The fraction of sp³-hybridized carbons (Fsp3) is 0.348. The number of hydrogen-bond acceptors (Lipinski definition) is 6. The topological polar surface area (TPSA) is 69.0 Å². The molecule has 1 aromatic carbocycles. The van der Waals surface area contributed by atoms with Crippen molar-refractivity contribution in [3.8, 4) is 11.3 Å². The molecule has 0 atom stereocenters. The number of aromatic nitrogens is 3. The molecule has 8 nitrogen and oxygen atoms in total. The average Bonchev–Trinajstić information content (AvgIpc) is 3.17. The predicted octanol–water partition coefficient (Wildman–Crippen LogP) is 2.20. The molecule has 3 aromatic rings. The summed E-state index contributed by atoms with van der Waals surface area (Å²) >= 11 is 0. The van der Waals surface area contributed by atoms with Gasteiger partial charge in [0.1, 0.15) is 11.5 Å². The Morgan fingerprint density at radius 3 is 2.61 bits per heavy atom. The van der Waals surface area contributed by atoms with Gasteiger partial charge in [-0.2, -0.15) is 0 Å². The highest BCUT2D eigenvalue weighted by Crippen LogP contribution is 2.29. The molecule has 0 saturated carbocycles. The zero-order valence-electron chi connectivity index (χ0n) is 18.2. The van der Waals surface area contributed by atoms with Crippen LogP contribution in [0.15, 0.2) is 55.5 Å². The van der Waals surface area contributed by atoms with Gasteiger partial charge in [-0.05, 0) is 12.1 Å². The van der Waals surface area contributed by atoms with E-state index in [0.29, 0.717) is 0 Å². The van der Waals surface area contributed by atoms with Crippen LogP contribution in [0.1, 0.15) is 0 Å². The summed E-state index contributed by atoms with van der Waals surface area (Å²) in [7, 11) is 4.03. The van der Waals surface area contributed by atoms with Gasteiger partial charge in [-0.1, -0.05) is 18.2 Å². The number of nitrogens with zero attached hydrogens (tertiary/aromatic N) is 6. The quantitative estimate of drug-likeness (QED) is 0.592. The number of carbonyl (C=O) groups excluding carboxylic acids is 1. The Kier molecular flexibility index (Phi) is 6.18. The van der Waals surface area contributed by atoms with E-state index in [1.807, 2.05) is 35.7 Å². The molecule has 31 heavy (non-hydrogen) atoms. The Labute approximate surface area is 182 Å². The lowest BCUT2D eigenvalue weighted by Gasteiger charge is -2.34. The third kappa shape index (κ3) is 4.54. The number of imidazole rings is 1. The SMILES string of the molecule is C=CCN1CCN(C(=O)CNc2c(-c3ccc(N(C)C)cc3)nc3cnccn23)CC1. The van der Waals surface area contributed by atoms with Crippen LogP contribution in [0.2, 0.25) is 0 Å². The first kappa shape index (κ1) is 20.9. The molecule has 0 unspecified atom stereocenters. The van der Waals surface area contributed by atoms with Gasteiger partial charge < -0.3 is 15.1 Å². The molecule has 162 valence electrons. The lowest BCUT2D eigenvalue weighted by Crippen LogP contribution is -2.50. The number of fused-ring (bicyclic) bond motifs is 1. The summed E-state index contributed by atoms with van der Waals surface area (Å²) in [5.74, 6) is 0.893. The van der Waals surface area contributed by atoms with Crippen LogP contribution in [0, 0.1) is 0 Å². The van der Waals surface area contributed by atoms with E-state index in [2.05, 4.69) is 50.9 Å². The standard InChI is InChI=1S/C23H29N7O/c1-4-10-28-12-14-29(15-13-28)21(31)17-25-23-22(26-20-16-24-9-11-30(20)23)18-5-7-19(8-6-18)27(2)3/h4-9,11,16,25H,1,10,12-15,17H2,2-3H3. The molecule has 0 radical (unpaired) electrons. The number of carbonyl (C=O) groups is 1. The van der Waals surface area contributed by atoms with Gasteiger partial charge in [0.05, 0.1) is 12.7 Å². The number of hydrogen-bond donors (Lipinski definition) is 1. The zero-order valence-corrected chi connectivity index (χ0v) is 18.2. The molecule has 1 amide bonds. The fourth-order valence-corrected chi connectivity index (χ4v) is 3.83. The minimum atomic E-state index is 0.0937. The molecule has 1 aliphatic heterocycles. The van der Waals surface area contributed by atoms with Crippen LogP contribution in [0.5, 0.6) is 0 Å². The Balaban J connectivity index is 1.52. The van der Waals surface area contributed by atoms with E-state index >= 15 is 0 Å². The first-order chi connectivity index (χ1) is 15.1. The van der Waals surface area contributed by atoms with Crippen molar-refractivity contribution in [1.82, 2.24) is 24.2 Å². The zero-order chi connectivity index (χ0) is 21.8. The van der Waals surface area contributed by atoms with Crippen LogP contribution in [-0.4, -0.2) is 83.4 Å². The molecule has 3 heterocycles. The highest BCUT2D eigenvalue weighted by Gasteiger charge is 2.21. The summed E-state index contributed by atoms with van der Waals surface area (Å²) < 4.78 is 1.94. The normalized spacial score (nSPS) is 14.6. The minimum Gasteiger partial charge on any atom is -0.378 e. The summed E-state index contributed by atoms with van der Waals surface area (Å²) in [6.07, 6.45) is 7.22. The lowest BCUT2D eigenvalue weighted by molar-refractivity contribution is -0.130. The second kappa shape index (κ2) is 9.18. The van der Waals surface area contributed by atoms with Crippen LogP contribution in [0.3, 0.4) is 0 Å². The fourth-order valence-electron chi connectivity index (χ4n) is 3.83. The first-order valence-electron chi connectivity index (χ1n) is 10.5. The van der Waals surface area contributed by atoms with Crippen molar-refractivity contribution < 1.29 is 4.79 Å². The summed E-state index contributed by atoms with van der Waals surface area (Å²) in [6.45, 7) is 8.12. The molecular weight excluding hydrogens is 390 g/mol. The van der Waals surface area contributed by atoms with Gasteiger partial charge in [-0.3, -0.25) is 19.1 Å². The van der Waals surface area contributed by atoms with Gasteiger partial charge in [0.25, 0.3) is 0 Å². The highest BCUT2D eigenvalue weighted by molar-refractivity contribution is 5.84. The Morgan fingerprint density at radius 2 is 1.94 bits per heavy atom. The molecule has 1 fully saturated rings. The van der Waals surface area contributed by atoms with Crippen molar-refractivity contribution in [3.63, 3.8) is 0 Å². The summed E-state index contributed by atoms with van der Waals surface area (Å²) in [6, 6.07) is 8.23. The number of piperazine rings is 1. The van der Waals surface area contributed by atoms with E-state index in [0.717, 1.165) is 61.1 Å². The van der Waals surface area contributed by atoms with E-state index < -0.39 is 0 Å². The molecule has 8 heteroatoms. The van der Waals surface area contributed by atoms with Gasteiger partial charge in [0.15, 0.2) is 5.65 Å². The Bertz CT molecular complexity index is 1050. The van der Waals surface area contributed by atoms with Crippen molar-refractivity contribution in [1.29, 1.82) is 0 Å². The maximum atomic E-state index is 12.8. The second-order valence-corrected chi connectivity index (χ2v) is 7.88. The molecule has 1 saturated heterocycles. The average molecular weight is 420 g/mol. The maximum absolute atomic E-state index is 12.8. The van der Waals surface area contributed by atoms with Crippen LogP contribution >= 0.6 is 0 Å². The van der Waals surface area contributed by atoms with Crippen molar-refractivity contribution in [2.45, 2.75) is 0 Å². The van der Waals surface area contributed by atoms with Crippen molar-refractivity contribution in [3.05, 3.63) is 55.5 Å². The van der Waals surface area contributed by atoms with Crippen LogP contribution in [0.25, 0.3) is 16.9 Å². The molecule has 4 rings (SSSR count). The van der Waals surface area contributed by atoms with Crippen molar-refractivity contribution in [2.24, 2.45) is 0 Å². The first-order valence-corrected chi connectivity index (χ1v) is 10.5. The van der Waals surface area contributed by atoms with E-state index in [1.54, 1.807) is 12.4 Å². The third-order valence-corrected chi connectivity index (χ3v) is 5.61. The van der Waals surface area contributed by atoms with Crippen LogP contribution in [0.4, 0.5) is 11.5 Å². The predicted molar refractivity (Wildman–Crippen MR) is 124 cm³/mol. The van der Waals surface area contributed by atoms with E-state index in [9.17, 15) is 4.79 Å². The number of benzene rings is 1. The van der Waals surface area contributed by atoms with E-state index in [1.165, 1.54) is 0 Å². The number of nitrogens with one attached hydrogen (secondary N) is 1.